The van der Waals surface area contributed by atoms with Crippen LogP contribution in [0.1, 0.15) is 32.2 Å². The minimum atomic E-state index is 0.485. The number of hydrogen-bond acceptors (Lipinski definition) is 3. The lowest BCUT2D eigenvalue weighted by atomic mass is 10.3. The Bertz CT molecular complexity index is 269. The fourth-order valence-corrected chi connectivity index (χ4v) is 1.40. The van der Waals surface area contributed by atoms with Gasteiger partial charge in [-0.3, -0.25) is 5.10 Å². The molecule has 1 rings (SSSR count). The Labute approximate surface area is 91.8 Å². The maximum atomic E-state index is 4.19. The number of aromatic nitrogens is 2. The van der Waals surface area contributed by atoms with Crippen LogP contribution in [0.5, 0.6) is 0 Å². The highest BCUT2D eigenvalue weighted by atomic mass is 15.1. The van der Waals surface area contributed by atoms with Crippen LogP contribution in [0.3, 0.4) is 0 Å². The van der Waals surface area contributed by atoms with Gasteiger partial charge in [0.1, 0.15) is 0 Å². The van der Waals surface area contributed by atoms with Crippen LogP contribution in [-0.2, 0) is 13.0 Å². The third-order valence-corrected chi connectivity index (χ3v) is 2.39. The van der Waals surface area contributed by atoms with E-state index in [4.69, 9.17) is 0 Å². The van der Waals surface area contributed by atoms with Crippen LogP contribution in [-0.4, -0.2) is 29.3 Å². The average molecular weight is 210 g/mol. The molecule has 0 fully saturated rings. The Morgan fingerprint density at radius 1 is 1.47 bits per heavy atom. The van der Waals surface area contributed by atoms with E-state index in [9.17, 15) is 0 Å². The molecule has 0 aliphatic rings. The molecule has 0 amide bonds. The molecule has 4 heteroatoms. The molecule has 1 unspecified atom stereocenters. The number of H-pyrrole nitrogens is 1. The van der Waals surface area contributed by atoms with Gasteiger partial charge in [-0.2, -0.15) is 5.10 Å². The number of aromatic amines is 1. The van der Waals surface area contributed by atoms with E-state index in [1.54, 1.807) is 0 Å². The van der Waals surface area contributed by atoms with Gasteiger partial charge in [-0.15, -0.1) is 0 Å². The summed E-state index contributed by atoms with van der Waals surface area (Å²) in [7, 11) is 0. The number of likely N-dealkylation sites (N-methyl/N-ethyl adjacent to an activating group) is 1. The van der Waals surface area contributed by atoms with Gasteiger partial charge in [-0.1, -0.05) is 13.8 Å². The second kappa shape index (κ2) is 6.58. The molecule has 0 radical (unpaired) electrons. The van der Waals surface area contributed by atoms with Crippen molar-refractivity contribution in [3.8, 4) is 0 Å². The summed E-state index contributed by atoms with van der Waals surface area (Å²) in [5, 5.41) is 14.0. The first-order valence-corrected chi connectivity index (χ1v) is 5.73. The summed E-state index contributed by atoms with van der Waals surface area (Å²) in [4.78, 5) is 0. The number of rotatable bonds is 7. The lowest BCUT2D eigenvalue weighted by Gasteiger charge is -2.12. The zero-order valence-electron chi connectivity index (χ0n) is 9.93. The first kappa shape index (κ1) is 12.2. The summed E-state index contributed by atoms with van der Waals surface area (Å²) in [6, 6.07) is 2.60. The standard InChI is InChI=1S/C11H22N4/c1-4-10-6-11(15-14-10)8-13-9(3)7-12-5-2/h6,9,12-13H,4-5,7-8H2,1-3H3,(H,14,15). The Hall–Kier alpha value is -0.870. The van der Waals surface area contributed by atoms with E-state index in [1.807, 2.05) is 0 Å². The zero-order valence-corrected chi connectivity index (χ0v) is 9.93. The minimum absolute atomic E-state index is 0.485. The summed E-state index contributed by atoms with van der Waals surface area (Å²) in [5.41, 5.74) is 2.29. The third-order valence-electron chi connectivity index (χ3n) is 2.39. The molecule has 15 heavy (non-hydrogen) atoms. The lowest BCUT2D eigenvalue weighted by Crippen LogP contribution is -2.35. The highest BCUT2D eigenvalue weighted by Crippen LogP contribution is 1.99. The highest BCUT2D eigenvalue weighted by Gasteiger charge is 2.02. The van der Waals surface area contributed by atoms with Crippen molar-refractivity contribution < 1.29 is 0 Å². The van der Waals surface area contributed by atoms with Crippen LogP contribution in [0.2, 0.25) is 0 Å². The molecule has 0 spiro atoms. The Kier molecular flexibility index (Phi) is 5.36. The largest absolute Gasteiger partial charge is 0.315 e. The molecule has 1 heterocycles. The van der Waals surface area contributed by atoms with Gasteiger partial charge >= 0.3 is 0 Å². The smallest absolute Gasteiger partial charge is 0.0622 e. The van der Waals surface area contributed by atoms with Crippen LogP contribution >= 0.6 is 0 Å². The Balaban J connectivity index is 2.24. The first-order chi connectivity index (χ1) is 7.26. The van der Waals surface area contributed by atoms with Gasteiger partial charge in [0.05, 0.1) is 5.69 Å². The molecule has 1 aromatic rings. The van der Waals surface area contributed by atoms with E-state index in [1.165, 1.54) is 0 Å². The average Bonchev–Trinajstić information content (AvgIpc) is 2.71. The second-order valence-electron chi connectivity index (χ2n) is 3.83. The maximum absolute atomic E-state index is 4.19. The van der Waals surface area contributed by atoms with E-state index in [0.29, 0.717) is 6.04 Å². The van der Waals surface area contributed by atoms with E-state index in [2.05, 4.69) is 47.7 Å². The fourth-order valence-electron chi connectivity index (χ4n) is 1.40. The predicted molar refractivity (Wildman–Crippen MR) is 62.8 cm³/mol. The Morgan fingerprint density at radius 3 is 2.87 bits per heavy atom. The molecule has 3 N–H and O–H groups in total. The zero-order chi connectivity index (χ0) is 11.1. The lowest BCUT2D eigenvalue weighted by molar-refractivity contribution is 0.505. The van der Waals surface area contributed by atoms with Crippen molar-refractivity contribution in [1.29, 1.82) is 0 Å². The molecular formula is C11H22N4. The van der Waals surface area contributed by atoms with Gasteiger partial charge in [0.2, 0.25) is 0 Å². The number of nitrogens with zero attached hydrogens (tertiary/aromatic N) is 1. The molecule has 0 aromatic carbocycles. The quantitative estimate of drug-likeness (QED) is 0.631. The molecule has 0 aliphatic carbocycles. The van der Waals surface area contributed by atoms with Gasteiger partial charge in [-0.05, 0) is 26.0 Å². The summed E-state index contributed by atoms with van der Waals surface area (Å²) in [6.45, 7) is 9.30. The number of nitrogens with one attached hydrogen (secondary N) is 3. The topological polar surface area (TPSA) is 52.7 Å². The molecule has 86 valence electrons. The normalized spacial score (nSPS) is 13.0. The van der Waals surface area contributed by atoms with Gasteiger partial charge < -0.3 is 10.6 Å². The van der Waals surface area contributed by atoms with Crippen LogP contribution in [0.25, 0.3) is 0 Å². The predicted octanol–water partition coefficient (Wildman–Crippen LogP) is 1.06. The van der Waals surface area contributed by atoms with Crippen molar-refractivity contribution in [3.63, 3.8) is 0 Å². The van der Waals surface area contributed by atoms with Gasteiger partial charge in [0.15, 0.2) is 0 Å². The monoisotopic (exact) mass is 210 g/mol. The van der Waals surface area contributed by atoms with E-state index < -0.39 is 0 Å². The van der Waals surface area contributed by atoms with Crippen molar-refractivity contribution in [1.82, 2.24) is 20.8 Å². The van der Waals surface area contributed by atoms with Crippen LogP contribution < -0.4 is 10.6 Å². The van der Waals surface area contributed by atoms with Gasteiger partial charge in [-0.25, -0.2) is 0 Å². The van der Waals surface area contributed by atoms with E-state index in [0.717, 1.165) is 37.4 Å². The van der Waals surface area contributed by atoms with Crippen LogP contribution in [0.15, 0.2) is 6.07 Å². The van der Waals surface area contributed by atoms with Crippen molar-refractivity contribution in [2.75, 3.05) is 13.1 Å². The fraction of sp³-hybridized carbons (Fsp3) is 0.727. The molecule has 4 nitrogen and oxygen atoms in total. The summed E-state index contributed by atoms with van der Waals surface area (Å²) < 4.78 is 0. The summed E-state index contributed by atoms with van der Waals surface area (Å²) in [6.07, 6.45) is 0.990. The van der Waals surface area contributed by atoms with Crippen LogP contribution in [0, 0.1) is 0 Å². The van der Waals surface area contributed by atoms with E-state index in [-0.39, 0.29) is 0 Å². The first-order valence-electron chi connectivity index (χ1n) is 5.73. The van der Waals surface area contributed by atoms with E-state index >= 15 is 0 Å². The molecule has 0 aliphatic heterocycles. The van der Waals surface area contributed by atoms with Crippen LogP contribution in [0.4, 0.5) is 0 Å². The van der Waals surface area contributed by atoms with Crippen molar-refractivity contribution in [2.24, 2.45) is 0 Å². The summed E-state index contributed by atoms with van der Waals surface area (Å²) >= 11 is 0. The maximum Gasteiger partial charge on any atom is 0.0622 e. The third kappa shape index (κ3) is 4.44. The summed E-state index contributed by atoms with van der Waals surface area (Å²) in [5.74, 6) is 0. The second-order valence-corrected chi connectivity index (χ2v) is 3.83. The molecular weight excluding hydrogens is 188 g/mol. The van der Waals surface area contributed by atoms with Crippen molar-refractivity contribution in [2.45, 2.75) is 39.8 Å². The molecule has 1 atom stereocenters. The minimum Gasteiger partial charge on any atom is -0.315 e. The van der Waals surface area contributed by atoms with Gasteiger partial charge in [0, 0.05) is 24.8 Å². The SMILES string of the molecule is CCNCC(C)NCc1cc(CC)n[nH]1. The highest BCUT2D eigenvalue weighted by molar-refractivity contribution is 5.08. The number of aryl methyl sites for hydroxylation is 1. The van der Waals surface area contributed by atoms with Crippen molar-refractivity contribution in [3.05, 3.63) is 17.5 Å². The molecule has 0 saturated heterocycles. The van der Waals surface area contributed by atoms with Crippen molar-refractivity contribution >= 4 is 0 Å². The Morgan fingerprint density at radius 2 is 2.27 bits per heavy atom. The molecule has 0 saturated carbocycles. The molecule has 1 aromatic heterocycles. The molecule has 0 bridgehead atoms. The van der Waals surface area contributed by atoms with Gasteiger partial charge in [0.25, 0.3) is 0 Å². The number of hydrogen-bond donors (Lipinski definition) is 3.